The number of rotatable bonds is 5. The highest BCUT2D eigenvalue weighted by Gasteiger charge is 2.33. The largest absolute Gasteiger partial charge is 0.395 e. The van der Waals surface area contributed by atoms with Crippen molar-refractivity contribution in [1.29, 1.82) is 0 Å². The molecule has 1 saturated heterocycles. The van der Waals surface area contributed by atoms with Crippen molar-refractivity contribution in [3.05, 3.63) is 24.3 Å². The lowest BCUT2D eigenvalue weighted by Crippen LogP contribution is -2.42. The second-order valence-corrected chi connectivity index (χ2v) is 7.19. The highest BCUT2D eigenvalue weighted by atomic mass is 32.2. The smallest absolute Gasteiger partial charge is 0.245 e. The van der Waals surface area contributed by atoms with Gasteiger partial charge >= 0.3 is 0 Å². The Hall–Kier alpha value is -1.11. The van der Waals surface area contributed by atoms with Crippen LogP contribution in [-0.4, -0.2) is 43.6 Å². The molecule has 0 aliphatic carbocycles. The zero-order chi connectivity index (χ0) is 15.3. The van der Waals surface area contributed by atoms with Gasteiger partial charge in [0.15, 0.2) is 0 Å². The van der Waals surface area contributed by atoms with Gasteiger partial charge in [-0.1, -0.05) is 25.0 Å². The first-order valence-corrected chi connectivity index (χ1v) is 9.01. The maximum absolute atomic E-state index is 13.0. The van der Waals surface area contributed by atoms with Gasteiger partial charge < -0.3 is 10.4 Å². The van der Waals surface area contributed by atoms with Gasteiger partial charge in [0, 0.05) is 19.1 Å². The number of sulfonamides is 1. The SMILES string of the molecule is CCNc1ccccc1S(=O)(=O)N1CCCCCC1CO. The third-order valence-corrected chi connectivity index (χ3v) is 5.88. The summed E-state index contributed by atoms with van der Waals surface area (Å²) in [5, 5.41) is 12.6. The molecule has 0 bridgehead atoms. The first-order valence-electron chi connectivity index (χ1n) is 7.57. The van der Waals surface area contributed by atoms with E-state index in [0.29, 0.717) is 23.7 Å². The number of para-hydroxylation sites is 1. The molecule has 0 saturated carbocycles. The first kappa shape index (κ1) is 16.3. The van der Waals surface area contributed by atoms with Crippen LogP contribution >= 0.6 is 0 Å². The molecule has 1 aromatic rings. The quantitative estimate of drug-likeness (QED) is 0.873. The molecule has 0 spiro atoms. The molecule has 5 nitrogen and oxygen atoms in total. The maximum Gasteiger partial charge on any atom is 0.245 e. The molecule has 0 amide bonds. The summed E-state index contributed by atoms with van der Waals surface area (Å²) >= 11 is 0. The molecule has 0 radical (unpaired) electrons. The van der Waals surface area contributed by atoms with Crippen LogP contribution in [0.3, 0.4) is 0 Å². The molecular formula is C15H24N2O3S. The van der Waals surface area contributed by atoms with Crippen molar-refractivity contribution in [2.75, 3.05) is 25.0 Å². The number of hydrogen-bond acceptors (Lipinski definition) is 4. The van der Waals surface area contributed by atoms with Crippen LogP contribution in [0.15, 0.2) is 29.2 Å². The van der Waals surface area contributed by atoms with Crippen molar-refractivity contribution in [3.63, 3.8) is 0 Å². The van der Waals surface area contributed by atoms with Crippen LogP contribution in [0.2, 0.25) is 0 Å². The van der Waals surface area contributed by atoms with Gasteiger partial charge in [0.2, 0.25) is 10.0 Å². The third kappa shape index (κ3) is 3.56. The molecule has 1 atom stereocenters. The van der Waals surface area contributed by atoms with Crippen molar-refractivity contribution in [3.8, 4) is 0 Å². The van der Waals surface area contributed by atoms with Crippen molar-refractivity contribution in [2.45, 2.75) is 43.5 Å². The molecule has 2 rings (SSSR count). The summed E-state index contributed by atoms with van der Waals surface area (Å²) in [7, 11) is -3.59. The predicted molar refractivity (Wildman–Crippen MR) is 83.8 cm³/mol. The molecule has 0 aromatic heterocycles. The summed E-state index contributed by atoms with van der Waals surface area (Å²) in [6.07, 6.45) is 3.54. The van der Waals surface area contributed by atoms with E-state index in [1.165, 1.54) is 4.31 Å². The minimum atomic E-state index is -3.59. The molecule has 1 aliphatic rings. The first-order chi connectivity index (χ1) is 10.1. The second kappa shape index (κ2) is 7.24. The molecule has 1 fully saturated rings. The van der Waals surface area contributed by atoms with Crippen LogP contribution in [0, 0.1) is 0 Å². The zero-order valence-electron chi connectivity index (χ0n) is 12.5. The van der Waals surface area contributed by atoms with Crippen LogP contribution in [0.5, 0.6) is 0 Å². The highest BCUT2D eigenvalue weighted by molar-refractivity contribution is 7.89. The van der Waals surface area contributed by atoms with Gasteiger partial charge in [-0.25, -0.2) is 8.42 Å². The van der Waals surface area contributed by atoms with Crippen LogP contribution in [-0.2, 0) is 10.0 Å². The normalized spacial score (nSPS) is 21.0. The van der Waals surface area contributed by atoms with Gasteiger partial charge in [0.25, 0.3) is 0 Å². The Morgan fingerprint density at radius 2 is 2.05 bits per heavy atom. The lowest BCUT2D eigenvalue weighted by molar-refractivity contribution is 0.186. The molecule has 6 heteroatoms. The number of aliphatic hydroxyl groups excluding tert-OH is 1. The van der Waals surface area contributed by atoms with Crippen molar-refractivity contribution < 1.29 is 13.5 Å². The molecule has 1 unspecified atom stereocenters. The van der Waals surface area contributed by atoms with Gasteiger partial charge in [0.05, 0.1) is 12.3 Å². The van der Waals surface area contributed by atoms with E-state index in [4.69, 9.17) is 0 Å². The fourth-order valence-electron chi connectivity index (χ4n) is 2.80. The number of nitrogens with zero attached hydrogens (tertiary/aromatic N) is 1. The Bertz CT molecular complexity index is 560. The van der Waals surface area contributed by atoms with E-state index in [9.17, 15) is 13.5 Å². The van der Waals surface area contributed by atoms with Crippen LogP contribution < -0.4 is 5.32 Å². The van der Waals surface area contributed by atoms with Gasteiger partial charge in [-0.2, -0.15) is 4.31 Å². The van der Waals surface area contributed by atoms with Crippen molar-refractivity contribution in [1.82, 2.24) is 4.31 Å². The topological polar surface area (TPSA) is 69.6 Å². The highest BCUT2D eigenvalue weighted by Crippen LogP contribution is 2.29. The summed E-state index contributed by atoms with van der Waals surface area (Å²) in [5.41, 5.74) is 0.626. The minimum Gasteiger partial charge on any atom is -0.395 e. The summed E-state index contributed by atoms with van der Waals surface area (Å²) in [5.74, 6) is 0. The molecule has 21 heavy (non-hydrogen) atoms. The molecule has 1 aliphatic heterocycles. The van der Waals surface area contributed by atoms with E-state index >= 15 is 0 Å². The fraction of sp³-hybridized carbons (Fsp3) is 0.600. The number of benzene rings is 1. The van der Waals surface area contributed by atoms with Gasteiger partial charge in [0.1, 0.15) is 4.90 Å². The Morgan fingerprint density at radius 3 is 2.76 bits per heavy atom. The van der Waals surface area contributed by atoms with Crippen molar-refractivity contribution in [2.24, 2.45) is 0 Å². The van der Waals surface area contributed by atoms with Crippen molar-refractivity contribution >= 4 is 15.7 Å². The fourth-order valence-corrected chi connectivity index (χ4v) is 4.66. The number of hydrogen-bond donors (Lipinski definition) is 2. The Balaban J connectivity index is 2.40. The second-order valence-electron chi connectivity index (χ2n) is 5.33. The summed E-state index contributed by atoms with van der Waals surface area (Å²) in [6, 6.07) is 6.66. The number of anilines is 1. The lowest BCUT2D eigenvalue weighted by atomic mass is 10.1. The van der Waals surface area contributed by atoms with E-state index in [-0.39, 0.29) is 12.6 Å². The Labute approximate surface area is 127 Å². The average molecular weight is 312 g/mol. The van der Waals surface area contributed by atoms with E-state index in [0.717, 1.165) is 25.7 Å². The average Bonchev–Trinajstić information content (AvgIpc) is 2.73. The summed E-state index contributed by atoms with van der Waals surface area (Å²) < 4.78 is 27.4. The Kier molecular flexibility index (Phi) is 5.61. The van der Waals surface area contributed by atoms with Crippen LogP contribution in [0.25, 0.3) is 0 Å². The van der Waals surface area contributed by atoms with E-state index in [2.05, 4.69) is 5.32 Å². The monoisotopic (exact) mass is 312 g/mol. The molecule has 2 N–H and O–H groups in total. The number of nitrogens with one attached hydrogen (secondary N) is 1. The van der Waals surface area contributed by atoms with Crippen LogP contribution in [0.4, 0.5) is 5.69 Å². The van der Waals surface area contributed by atoms with Crippen LogP contribution in [0.1, 0.15) is 32.6 Å². The molecule has 118 valence electrons. The van der Waals surface area contributed by atoms with Gasteiger partial charge in [-0.3, -0.25) is 0 Å². The van der Waals surface area contributed by atoms with Gasteiger partial charge in [-0.15, -0.1) is 0 Å². The standard InChI is InChI=1S/C15H24N2O3S/c1-2-16-14-9-5-6-10-15(14)21(19,20)17-11-7-3-4-8-13(17)12-18/h5-6,9-10,13,16,18H,2-4,7-8,11-12H2,1H3. The minimum absolute atomic E-state index is 0.122. The summed E-state index contributed by atoms with van der Waals surface area (Å²) in [6.45, 7) is 2.96. The molecular weight excluding hydrogens is 288 g/mol. The van der Waals surface area contributed by atoms with E-state index in [1.54, 1.807) is 18.2 Å². The molecule has 1 aromatic carbocycles. The van der Waals surface area contributed by atoms with Gasteiger partial charge in [-0.05, 0) is 31.9 Å². The Morgan fingerprint density at radius 1 is 1.29 bits per heavy atom. The van der Waals surface area contributed by atoms with E-state index in [1.807, 2.05) is 13.0 Å². The molecule has 1 heterocycles. The maximum atomic E-state index is 13.0. The summed E-state index contributed by atoms with van der Waals surface area (Å²) in [4.78, 5) is 0.298. The van der Waals surface area contributed by atoms with E-state index < -0.39 is 10.0 Å². The zero-order valence-corrected chi connectivity index (χ0v) is 13.3. The lowest BCUT2D eigenvalue weighted by Gasteiger charge is -2.28. The third-order valence-electron chi connectivity index (χ3n) is 3.87. The predicted octanol–water partition coefficient (Wildman–Crippen LogP) is 2.04. The number of aliphatic hydroxyl groups is 1.